The predicted octanol–water partition coefficient (Wildman–Crippen LogP) is 2.60. The van der Waals surface area contributed by atoms with Crippen molar-refractivity contribution in [1.82, 2.24) is 10.6 Å². The highest BCUT2D eigenvalue weighted by atomic mass is 16.2. The van der Waals surface area contributed by atoms with Gasteiger partial charge in [0.15, 0.2) is 5.78 Å². The SMILES string of the molecule is CC(=O)c1cccc(C(=O)N[C@@H](CC2CCCCC2)C(=O)NCC#N)c1. The summed E-state index contributed by atoms with van der Waals surface area (Å²) in [4.78, 5) is 36.5. The summed E-state index contributed by atoms with van der Waals surface area (Å²) in [5.74, 6) is -0.454. The van der Waals surface area contributed by atoms with E-state index in [9.17, 15) is 14.4 Å². The Kier molecular flexibility index (Phi) is 7.34. The zero-order valence-electron chi connectivity index (χ0n) is 15.1. The minimum absolute atomic E-state index is 0.0876. The lowest BCUT2D eigenvalue weighted by Gasteiger charge is -2.26. The minimum atomic E-state index is -0.681. The maximum Gasteiger partial charge on any atom is 0.251 e. The van der Waals surface area contributed by atoms with E-state index >= 15 is 0 Å². The number of Topliss-reactive ketones (excluding diaryl/α,β-unsaturated/α-hetero) is 1. The summed E-state index contributed by atoms with van der Waals surface area (Å²) in [6, 6.07) is 7.65. The number of amides is 2. The molecule has 0 heterocycles. The summed E-state index contributed by atoms with van der Waals surface area (Å²) >= 11 is 0. The molecule has 1 aliphatic carbocycles. The molecule has 1 fully saturated rings. The van der Waals surface area contributed by atoms with Crippen molar-refractivity contribution >= 4 is 17.6 Å². The molecule has 138 valence electrons. The first-order valence-corrected chi connectivity index (χ1v) is 9.07. The number of nitrogens with one attached hydrogen (secondary N) is 2. The molecule has 2 rings (SSSR count). The van der Waals surface area contributed by atoms with Gasteiger partial charge in [-0.25, -0.2) is 0 Å². The Hall–Kier alpha value is -2.68. The third kappa shape index (κ3) is 5.69. The van der Waals surface area contributed by atoms with Crippen LogP contribution in [-0.4, -0.2) is 30.2 Å². The molecule has 0 aliphatic heterocycles. The standard InChI is InChI=1S/C20H25N3O3/c1-14(24)16-8-5-9-17(13-16)19(25)23-18(20(26)22-11-10-21)12-15-6-3-2-4-7-15/h5,8-9,13,15,18H,2-4,6-7,11-12H2,1H3,(H,22,26)(H,23,25)/t18-/m0/s1. The molecule has 1 aromatic rings. The van der Waals surface area contributed by atoms with Crippen LogP contribution in [0.25, 0.3) is 0 Å². The van der Waals surface area contributed by atoms with Crippen molar-refractivity contribution in [3.05, 3.63) is 35.4 Å². The van der Waals surface area contributed by atoms with Gasteiger partial charge >= 0.3 is 0 Å². The average molecular weight is 355 g/mol. The predicted molar refractivity (Wildman–Crippen MR) is 97.5 cm³/mol. The number of hydrogen-bond acceptors (Lipinski definition) is 4. The normalized spacial score (nSPS) is 15.5. The number of hydrogen-bond donors (Lipinski definition) is 2. The molecule has 6 heteroatoms. The zero-order valence-corrected chi connectivity index (χ0v) is 15.1. The second-order valence-corrected chi connectivity index (χ2v) is 6.78. The lowest BCUT2D eigenvalue weighted by Crippen LogP contribution is -2.48. The number of carbonyl (C=O) groups is 3. The van der Waals surface area contributed by atoms with E-state index in [1.165, 1.54) is 19.4 Å². The van der Waals surface area contributed by atoms with Crippen LogP contribution in [0.1, 0.15) is 66.2 Å². The highest BCUT2D eigenvalue weighted by Crippen LogP contribution is 2.27. The van der Waals surface area contributed by atoms with E-state index in [0.29, 0.717) is 23.5 Å². The summed E-state index contributed by atoms with van der Waals surface area (Å²) in [7, 11) is 0. The van der Waals surface area contributed by atoms with Gasteiger partial charge in [-0.3, -0.25) is 14.4 Å². The largest absolute Gasteiger partial charge is 0.341 e. The van der Waals surface area contributed by atoms with Gasteiger partial charge in [0.1, 0.15) is 12.6 Å². The van der Waals surface area contributed by atoms with Gasteiger partial charge in [-0.15, -0.1) is 0 Å². The maximum atomic E-state index is 12.6. The van der Waals surface area contributed by atoms with E-state index in [4.69, 9.17) is 5.26 Å². The molecular formula is C20H25N3O3. The molecule has 2 N–H and O–H groups in total. The Balaban J connectivity index is 2.09. The van der Waals surface area contributed by atoms with E-state index in [0.717, 1.165) is 25.7 Å². The molecular weight excluding hydrogens is 330 g/mol. The second-order valence-electron chi connectivity index (χ2n) is 6.78. The number of benzene rings is 1. The van der Waals surface area contributed by atoms with Crippen LogP contribution in [0.2, 0.25) is 0 Å². The monoisotopic (exact) mass is 355 g/mol. The Morgan fingerprint density at radius 1 is 1.19 bits per heavy atom. The average Bonchev–Trinajstić information content (AvgIpc) is 2.66. The quantitative estimate of drug-likeness (QED) is 0.580. The van der Waals surface area contributed by atoms with Crippen molar-refractivity contribution in [2.75, 3.05) is 6.54 Å². The topological polar surface area (TPSA) is 99.1 Å². The van der Waals surface area contributed by atoms with Gasteiger partial charge in [-0.2, -0.15) is 5.26 Å². The fourth-order valence-electron chi connectivity index (χ4n) is 3.36. The van der Waals surface area contributed by atoms with Gasteiger partial charge in [0, 0.05) is 11.1 Å². The van der Waals surface area contributed by atoms with Crippen molar-refractivity contribution < 1.29 is 14.4 Å². The molecule has 26 heavy (non-hydrogen) atoms. The number of rotatable bonds is 7. The summed E-state index contributed by atoms with van der Waals surface area (Å²) in [6.07, 6.45) is 6.18. The third-order valence-electron chi connectivity index (χ3n) is 4.79. The Morgan fingerprint density at radius 3 is 2.54 bits per heavy atom. The van der Waals surface area contributed by atoms with Gasteiger partial charge < -0.3 is 10.6 Å². The van der Waals surface area contributed by atoms with Crippen LogP contribution in [0.5, 0.6) is 0 Å². The van der Waals surface area contributed by atoms with Crippen LogP contribution in [0.3, 0.4) is 0 Å². The summed E-state index contributed by atoms with van der Waals surface area (Å²) in [5, 5.41) is 14.0. The molecule has 2 amide bonds. The highest BCUT2D eigenvalue weighted by Gasteiger charge is 2.26. The van der Waals surface area contributed by atoms with Gasteiger partial charge in [-0.05, 0) is 31.4 Å². The summed E-state index contributed by atoms with van der Waals surface area (Å²) < 4.78 is 0. The molecule has 1 atom stereocenters. The minimum Gasteiger partial charge on any atom is -0.341 e. The van der Waals surface area contributed by atoms with Crippen molar-refractivity contribution in [2.24, 2.45) is 5.92 Å². The maximum absolute atomic E-state index is 12.6. The molecule has 1 aliphatic rings. The number of nitriles is 1. The number of ketones is 1. The molecule has 6 nitrogen and oxygen atoms in total. The first-order chi connectivity index (χ1) is 12.5. The fourth-order valence-corrected chi connectivity index (χ4v) is 3.36. The molecule has 0 saturated heterocycles. The smallest absolute Gasteiger partial charge is 0.251 e. The first-order valence-electron chi connectivity index (χ1n) is 9.07. The molecule has 0 spiro atoms. The molecule has 0 aromatic heterocycles. The van der Waals surface area contributed by atoms with Crippen molar-refractivity contribution in [2.45, 2.75) is 51.5 Å². The van der Waals surface area contributed by atoms with Crippen molar-refractivity contribution in [3.63, 3.8) is 0 Å². The Morgan fingerprint density at radius 2 is 1.88 bits per heavy atom. The van der Waals surface area contributed by atoms with Crippen molar-refractivity contribution in [3.8, 4) is 6.07 Å². The van der Waals surface area contributed by atoms with Crippen LogP contribution in [0.15, 0.2) is 24.3 Å². The Bertz CT molecular complexity index is 702. The van der Waals surface area contributed by atoms with E-state index < -0.39 is 6.04 Å². The molecule has 0 radical (unpaired) electrons. The van der Waals surface area contributed by atoms with Crippen LogP contribution >= 0.6 is 0 Å². The van der Waals surface area contributed by atoms with Crippen molar-refractivity contribution in [1.29, 1.82) is 5.26 Å². The highest BCUT2D eigenvalue weighted by molar-refractivity contribution is 6.01. The van der Waals surface area contributed by atoms with E-state index in [2.05, 4.69) is 10.6 Å². The van der Waals surface area contributed by atoms with Crippen LogP contribution < -0.4 is 10.6 Å². The lowest BCUT2D eigenvalue weighted by atomic mass is 9.84. The van der Waals surface area contributed by atoms with E-state index in [-0.39, 0.29) is 24.1 Å². The van der Waals surface area contributed by atoms with Crippen LogP contribution in [0.4, 0.5) is 0 Å². The van der Waals surface area contributed by atoms with E-state index in [1.54, 1.807) is 18.2 Å². The molecule has 1 saturated carbocycles. The van der Waals surface area contributed by atoms with Gasteiger partial charge in [0.05, 0.1) is 6.07 Å². The van der Waals surface area contributed by atoms with Gasteiger partial charge in [0.2, 0.25) is 5.91 Å². The zero-order chi connectivity index (χ0) is 18.9. The number of nitrogens with zero attached hydrogens (tertiary/aromatic N) is 1. The van der Waals surface area contributed by atoms with Gasteiger partial charge in [-0.1, -0.05) is 44.2 Å². The fraction of sp³-hybridized carbons (Fsp3) is 0.500. The second kappa shape index (κ2) is 9.71. The molecule has 0 bridgehead atoms. The Labute approximate surface area is 154 Å². The number of carbonyl (C=O) groups excluding carboxylic acids is 3. The van der Waals surface area contributed by atoms with Crippen LogP contribution in [0, 0.1) is 17.2 Å². The molecule has 1 aromatic carbocycles. The lowest BCUT2D eigenvalue weighted by molar-refractivity contribution is -0.123. The summed E-state index contributed by atoms with van der Waals surface area (Å²) in [6.45, 7) is 1.36. The van der Waals surface area contributed by atoms with Gasteiger partial charge in [0.25, 0.3) is 5.91 Å². The summed E-state index contributed by atoms with van der Waals surface area (Å²) in [5.41, 5.74) is 0.801. The first kappa shape index (κ1) is 19.6. The van der Waals surface area contributed by atoms with Crippen LogP contribution in [-0.2, 0) is 4.79 Å². The third-order valence-corrected chi connectivity index (χ3v) is 4.79. The van der Waals surface area contributed by atoms with E-state index in [1.807, 2.05) is 6.07 Å². The molecule has 0 unspecified atom stereocenters.